The number of allylic oxidation sites excluding steroid dienone is 1. The van der Waals surface area contributed by atoms with Gasteiger partial charge in [-0.25, -0.2) is 4.39 Å². The molecule has 2 aromatic rings. The predicted octanol–water partition coefficient (Wildman–Crippen LogP) is 4.89. The zero-order valence-electron chi connectivity index (χ0n) is 12.5. The Bertz CT molecular complexity index is 708. The molecule has 0 aliphatic rings. The van der Waals surface area contributed by atoms with Crippen molar-refractivity contribution < 1.29 is 17.6 Å². The largest absolute Gasteiger partial charge is 0.416 e. The molecular weight excluding hydrogens is 308 g/mol. The molecular formula is C17H16F4N2. The number of hydrazine groups is 1. The molecule has 0 spiro atoms. The molecule has 2 N–H and O–H groups in total. The summed E-state index contributed by atoms with van der Waals surface area (Å²) in [5.74, 6) is -0.895. The third-order valence-corrected chi connectivity index (χ3v) is 3.04. The highest BCUT2D eigenvalue weighted by atomic mass is 19.4. The molecule has 0 bridgehead atoms. The van der Waals surface area contributed by atoms with Gasteiger partial charge in [-0.15, -0.1) is 0 Å². The highest BCUT2D eigenvalue weighted by molar-refractivity contribution is 5.46. The van der Waals surface area contributed by atoms with Crippen molar-refractivity contribution >= 4 is 5.69 Å². The molecule has 0 fully saturated rings. The minimum absolute atomic E-state index is 0.198. The molecule has 0 saturated heterocycles. The zero-order valence-corrected chi connectivity index (χ0v) is 12.5. The van der Waals surface area contributed by atoms with Gasteiger partial charge in [0.25, 0.3) is 0 Å². The highest BCUT2D eigenvalue weighted by Gasteiger charge is 2.31. The van der Waals surface area contributed by atoms with Crippen LogP contribution in [0.5, 0.6) is 0 Å². The van der Waals surface area contributed by atoms with Gasteiger partial charge in [0.2, 0.25) is 0 Å². The summed E-state index contributed by atoms with van der Waals surface area (Å²) in [6.45, 7) is 5.46. The Morgan fingerprint density at radius 3 is 2.48 bits per heavy atom. The summed E-state index contributed by atoms with van der Waals surface area (Å²) in [5, 5.41) is 0. The van der Waals surface area contributed by atoms with E-state index in [4.69, 9.17) is 0 Å². The molecule has 0 aromatic heterocycles. The van der Waals surface area contributed by atoms with Crippen LogP contribution in [-0.2, 0) is 12.6 Å². The summed E-state index contributed by atoms with van der Waals surface area (Å²) in [7, 11) is 0. The Balaban J connectivity index is 2.20. The molecule has 2 aromatic carbocycles. The van der Waals surface area contributed by atoms with Crippen LogP contribution >= 0.6 is 0 Å². The summed E-state index contributed by atoms with van der Waals surface area (Å²) >= 11 is 0. The number of nitrogens with one attached hydrogen (secondary N) is 2. The smallest absolute Gasteiger partial charge is 0.306 e. The standard InChI is InChI=1S/C17H16F4N2/c1-11(2)22-23-16-5-3-4-12(9-16)6-13-7-14(17(19,20)21)10-15(18)8-13/h3-5,7-10,22-23H,1,6H2,2H3. The zero-order chi connectivity index (χ0) is 17.0. The van der Waals surface area contributed by atoms with E-state index < -0.39 is 17.6 Å². The van der Waals surface area contributed by atoms with Crippen molar-refractivity contribution in [2.24, 2.45) is 0 Å². The first-order chi connectivity index (χ1) is 10.7. The van der Waals surface area contributed by atoms with Crippen molar-refractivity contribution in [3.8, 4) is 0 Å². The van der Waals surface area contributed by atoms with Crippen molar-refractivity contribution in [3.05, 3.63) is 77.2 Å². The SMILES string of the molecule is C=C(C)NNc1cccc(Cc2cc(F)cc(C(F)(F)F)c2)c1. The number of hydrogen-bond acceptors (Lipinski definition) is 2. The molecule has 0 aliphatic heterocycles. The normalized spacial score (nSPS) is 11.2. The summed E-state index contributed by atoms with van der Waals surface area (Å²) in [5.41, 5.74) is 7.25. The molecule has 122 valence electrons. The number of halogens is 4. The lowest BCUT2D eigenvalue weighted by Gasteiger charge is -2.12. The van der Waals surface area contributed by atoms with Gasteiger partial charge in [0, 0.05) is 5.70 Å². The minimum atomic E-state index is -4.56. The average Bonchev–Trinajstić information content (AvgIpc) is 2.44. The van der Waals surface area contributed by atoms with E-state index in [9.17, 15) is 17.6 Å². The number of benzene rings is 2. The maximum atomic E-state index is 13.4. The lowest BCUT2D eigenvalue weighted by Crippen LogP contribution is -2.18. The van der Waals surface area contributed by atoms with Crippen molar-refractivity contribution in [2.75, 3.05) is 5.43 Å². The van der Waals surface area contributed by atoms with Gasteiger partial charge < -0.3 is 10.9 Å². The highest BCUT2D eigenvalue weighted by Crippen LogP contribution is 2.31. The topological polar surface area (TPSA) is 24.1 Å². The van der Waals surface area contributed by atoms with E-state index in [1.165, 1.54) is 0 Å². The third kappa shape index (κ3) is 5.02. The third-order valence-electron chi connectivity index (χ3n) is 3.04. The monoisotopic (exact) mass is 324 g/mol. The second kappa shape index (κ2) is 6.73. The Morgan fingerprint density at radius 2 is 1.83 bits per heavy atom. The second-order valence-electron chi connectivity index (χ2n) is 5.25. The lowest BCUT2D eigenvalue weighted by atomic mass is 10.0. The van der Waals surface area contributed by atoms with Crippen molar-refractivity contribution in [2.45, 2.75) is 19.5 Å². The van der Waals surface area contributed by atoms with Gasteiger partial charge >= 0.3 is 6.18 Å². The molecule has 0 amide bonds. The fourth-order valence-corrected chi connectivity index (χ4v) is 2.09. The maximum Gasteiger partial charge on any atom is 0.416 e. The van der Waals surface area contributed by atoms with E-state index in [0.717, 1.165) is 29.1 Å². The first kappa shape index (κ1) is 16.9. The molecule has 0 atom stereocenters. The quantitative estimate of drug-likeness (QED) is 0.605. The molecule has 0 aliphatic carbocycles. The van der Waals surface area contributed by atoms with Crippen LogP contribution in [0.25, 0.3) is 0 Å². The molecule has 2 rings (SSSR count). The fraction of sp³-hybridized carbons (Fsp3) is 0.176. The van der Waals surface area contributed by atoms with E-state index in [0.29, 0.717) is 6.07 Å². The molecule has 23 heavy (non-hydrogen) atoms. The number of alkyl halides is 3. The average molecular weight is 324 g/mol. The van der Waals surface area contributed by atoms with Crippen LogP contribution in [0.15, 0.2) is 54.7 Å². The van der Waals surface area contributed by atoms with E-state index >= 15 is 0 Å². The van der Waals surface area contributed by atoms with Gasteiger partial charge in [-0.05, 0) is 54.8 Å². The molecule has 0 radical (unpaired) electrons. The molecule has 0 unspecified atom stereocenters. The van der Waals surface area contributed by atoms with Crippen LogP contribution in [-0.4, -0.2) is 0 Å². The number of anilines is 1. The molecule has 0 heterocycles. The first-order valence-electron chi connectivity index (χ1n) is 6.87. The molecule has 0 saturated carbocycles. The maximum absolute atomic E-state index is 13.4. The minimum Gasteiger partial charge on any atom is -0.306 e. The van der Waals surface area contributed by atoms with Crippen LogP contribution < -0.4 is 10.9 Å². The van der Waals surface area contributed by atoms with Crippen molar-refractivity contribution in [1.29, 1.82) is 0 Å². The number of hydrogen-bond donors (Lipinski definition) is 2. The summed E-state index contributed by atoms with van der Waals surface area (Å²) < 4.78 is 51.6. The summed E-state index contributed by atoms with van der Waals surface area (Å²) in [6, 6.07) is 9.68. The van der Waals surface area contributed by atoms with Gasteiger partial charge in [-0.2, -0.15) is 13.2 Å². The van der Waals surface area contributed by atoms with Gasteiger partial charge in [0.15, 0.2) is 0 Å². The summed E-state index contributed by atoms with van der Waals surface area (Å²) in [6.07, 6.45) is -4.37. The Labute approximate surface area is 131 Å². The van der Waals surface area contributed by atoms with Gasteiger partial charge in [-0.1, -0.05) is 18.7 Å². The van der Waals surface area contributed by atoms with Crippen LogP contribution in [0.3, 0.4) is 0 Å². The van der Waals surface area contributed by atoms with Crippen molar-refractivity contribution in [1.82, 2.24) is 5.43 Å². The van der Waals surface area contributed by atoms with E-state index in [1.807, 2.05) is 0 Å². The van der Waals surface area contributed by atoms with E-state index in [-0.39, 0.29) is 12.0 Å². The first-order valence-corrected chi connectivity index (χ1v) is 6.87. The van der Waals surface area contributed by atoms with Gasteiger partial charge in [0.1, 0.15) is 5.82 Å². The van der Waals surface area contributed by atoms with E-state index in [2.05, 4.69) is 17.4 Å². The predicted molar refractivity (Wildman–Crippen MR) is 82.2 cm³/mol. The number of rotatable bonds is 5. The fourth-order valence-electron chi connectivity index (χ4n) is 2.09. The Morgan fingerprint density at radius 1 is 1.09 bits per heavy atom. The Hall–Kier alpha value is -2.50. The van der Waals surface area contributed by atoms with Crippen LogP contribution in [0.2, 0.25) is 0 Å². The van der Waals surface area contributed by atoms with E-state index in [1.54, 1.807) is 31.2 Å². The van der Waals surface area contributed by atoms with Crippen LogP contribution in [0.1, 0.15) is 23.6 Å². The summed E-state index contributed by atoms with van der Waals surface area (Å²) in [4.78, 5) is 0. The Kier molecular flexibility index (Phi) is 4.93. The lowest BCUT2D eigenvalue weighted by molar-refractivity contribution is -0.137. The van der Waals surface area contributed by atoms with Crippen LogP contribution in [0.4, 0.5) is 23.2 Å². The van der Waals surface area contributed by atoms with Gasteiger partial charge in [0.05, 0.1) is 11.3 Å². The second-order valence-corrected chi connectivity index (χ2v) is 5.25. The molecule has 2 nitrogen and oxygen atoms in total. The molecule has 6 heteroatoms. The van der Waals surface area contributed by atoms with Crippen LogP contribution in [0, 0.1) is 5.82 Å². The van der Waals surface area contributed by atoms with Gasteiger partial charge in [-0.3, -0.25) is 0 Å². The van der Waals surface area contributed by atoms with Crippen molar-refractivity contribution in [3.63, 3.8) is 0 Å².